The Labute approximate surface area is 83.3 Å². The normalized spacial score (nSPS) is 15.5. The van der Waals surface area contributed by atoms with Crippen molar-refractivity contribution in [2.24, 2.45) is 0 Å². The summed E-state index contributed by atoms with van der Waals surface area (Å²) in [6.45, 7) is 2.06. The van der Waals surface area contributed by atoms with Crippen molar-refractivity contribution < 1.29 is 5.11 Å². The van der Waals surface area contributed by atoms with Crippen LogP contribution in [0.2, 0.25) is 5.02 Å². The average Bonchev–Trinajstić information content (AvgIpc) is 2.15. The highest BCUT2D eigenvalue weighted by Crippen LogP contribution is 2.36. The lowest BCUT2D eigenvalue weighted by molar-refractivity contribution is 0.462. The van der Waals surface area contributed by atoms with Crippen molar-refractivity contribution in [1.82, 2.24) is 0 Å². The molecule has 2 rings (SSSR count). The van der Waals surface area contributed by atoms with Crippen molar-refractivity contribution in [3.8, 4) is 5.75 Å². The van der Waals surface area contributed by atoms with Crippen molar-refractivity contribution in [3.05, 3.63) is 27.8 Å². The Balaban J connectivity index is 2.63. The summed E-state index contributed by atoms with van der Waals surface area (Å²) in [5, 5.41) is 10.2. The standard InChI is InChI=1S/C11H13ClO/c1-7-6-10(12)11(13)9-5-3-2-4-8(7)9/h6,13H,2-5H2,1H3. The molecular weight excluding hydrogens is 184 g/mol. The average molecular weight is 197 g/mol. The van der Waals surface area contributed by atoms with Crippen LogP contribution in [0, 0.1) is 6.92 Å². The summed E-state index contributed by atoms with van der Waals surface area (Å²) < 4.78 is 0. The van der Waals surface area contributed by atoms with Gasteiger partial charge in [-0.2, -0.15) is 0 Å². The number of phenolic OH excluding ortho intramolecular Hbond substituents is 1. The number of halogens is 1. The second kappa shape index (κ2) is 3.22. The highest BCUT2D eigenvalue weighted by atomic mass is 35.5. The molecule has 0 unspecified atom stereocenters. The zero-order valence-corrected chi connectivity index (χ0v) is 8.49. The molecule has 0 spiro atoms. The van der Waals surface area contributed by atoms with Crippen LogP contribution in [0.15, 0.2) is 6.07 Å². The van der Waals surface area contributed by atoms with Crippen LogP contribution in [0.5, 0.6) is 5.75 Å². The first kappa shape index (κ1) is 8.89. The first-order chi connectivity index (χ1) is 6.20. The van der Waals surface area contributed by atoms with Gasteiger partial charge in [-0.3, -0.25) is 0 Å². The van der Waals surface area contributed by atoms with Gasteiger partial charge in [-0.25, -0.2) is 0 Å². The molecule has 1 aromatic carbocycles. The van der Waals surface area contributed by atoms with Gasteiger partial charge in [-0.15, -0.1) is 0 Å². The molecule has 0 aromatic heterocycles. The maximum absolute atomic E-state index is 9.74. The maximum Gasteiger partial charge on any atom is 0.137 e. The Hall–Kier alpha value is -0.690. The van der Waals surface area contributed by atoms with Crippen LogP contribution in [0.3, 0.4) is 0 Å². The molecule has 13 heavy (non-hydrogen) atoms. The second-order valence-corrected chi connectivity index (χ2v) is 4.10. The first-order valence-electron chi connectivity index (χ1n) is 4.70. The molecular formula is C11H13ClO. The minimum Gasteiger partial charge on any atom is -0.506 e. The molecule has 1 aliphatic carbocycles. The molecule has 1 aromatic rings. The van der Waals surface area contributed by atoms with E-state index in [1.165, 1.54) is 24.0 Å². The minimum absolute atomic E-state index is 0.307. The molecule has 2 heteroatoms. The van der Waals surface area contributed by atoms with E-state index in [-0.39, 0.29) is 0 Å². The monoisotopic (exact) mass is 196 g/mol. The van der Waals surface area contributed by atoms with Crippen LogP contribution in [0.4, 0.5) is 0 Å². The summed E-state index contributed by atoms with van der Waals surface area (Å²) >= 11 is 5.90. The number of benzene rings is 1. The van der Waals surface area contributed by atoms with Crippen LogP contribution in [0.1, 0.15) is 29.5 Å². The number of fused-ring (bicyclic) bond motifs is 1. The van der Waals surface area contributed by atoms with Crippen molar-refractivity contribution >= 4 is 11.6 Å². The smallest absolute Gasteiger partial charge is 0.137 e. The zero-order chi connectivity index (χ0) is 9.42. The third-order valence-corrected chi connectivity index (χ3v) is 3.09. The van der Waals surface area contributed by atoms with Crippen LogP contribution >= 0.6 is 11.6 Å². The molecule has 1 nitrogen and oxygen atoms in total. The van der Waals surface area contributed by atoms with Gasteiger partial charge in [-0.05, 0) is 55.4 Å². The molecule has 0 amide bonds. The number of hydrogen-bond acceptors (Lipinski definition) is 1. The molecule has 0 atom stereocenters. The molecule has 0 saturated heterocycles. The second-order valence-electron chi connectivity index (χ2n) is 3.69. The van der Waals surface area contributed by atoms with E-state index in [1.54, 1.807) is 0 Å². The van der Waals surface area contributed by atoms with Gasteiger partial charge in [0, 0.05) is 0 Å². The van der Waals surface area contributed by atoms with Crippen molar-refractivity contribution in [2.75, 3.05) is 0 Å². The van der Waals surface area contributed by atoms with Gasteiger partial charge in [0.25, 0.3) is 0 Å². The van der Waals surface area contributed by atoms with E-state index in [9.17, 15) is 5.11 Å². The van der Waals surface area contributed by atoms with E-state index < -0.39 is 0 Å². The van der Waals surface area contributed by atoms with Crippen molar-refractivity contribution in [3.63, 3.8) is 0 Å². The first-order valence-corrected chi connectivity index (χ1v) is 5.08. The summed E-state index contributed by atoms with van der Waals surface area (Å²) in [5.41, 5.74) is 3.61. The lowest BCUT2D eigenvalue weighted by atomic mass is 9.88. The fraction of sp³-hybridized carbons (Fsp3) is 0.455. The van der Waals surface area contributed by atoms with Gasteiger partial charge in [0.1, 0.15) is 5.75 Å². The van der Waals surface area contributed by atoms with Crippen LogP contribution in [-0.2, 0) is 12.8 Å². The fourth-order valence-electron chi connectivity index (χ4n) is 2.09. The Kier molecular flexibility index (Phi) is 2.20. The van der Waals surface area contributed by atoms with E-state index in [0.29, 0.717) is 10.8 Å². The molecule has 0 aliphatic heterocycles. The Morgan fingerprint density at radius 2 is 1.85 bits per heavy atom. The van der Waals surface area contributed by atoms with Gasteiger partial charge in [-0.1, -0.05) is 11.6 Å². The molecule has 1 aliphatic rings. The van der Waals surface area contributed by atoms with Crippen molar-refractivity contribution in [1.29, 1.82) is 0 Å². The SMILES string of the molecule is Cc1cc(Cl)c(O)c2c1CCCC2. The number of rotatable bonds is 0. The molecule has 1 N–H and O–H groups in total. The van der Waals surface area contributed by atoms with Crippen LogP contribution < -0.4 is 0 Å². The van der Waals surface area contributed by atoms with Gasteiger partial charge >= 0.3 is 0 Å². The Morgan fingerprint density at radius 1 is 1.23 bits per heavy atom. The summed E-state index contributed by atoms with van der Waals surface area (Å²) in [6.07, 6.45) is 4.46. The van der Waals surface area contributed by atoms with E-state index in [4.69, 9.17) is 11.6 Å². The number of aromatic hydroxyl groups is 1. The highest BCUT2D eigenvalue weighted by Gasteiger charge is 2.17. The Bertz CT molecular complexity index is 344. The van der Waals surface area contributed by atoms with E-state index >= 15 is 0 Å². The molecule has 0 saturated carbocycles. The quantitative estimate of drug-likeness (QED) is 0.676. The van der Waals surface area contributed by atoms with Crippen LogP contribution in [0.25, 0.3) is 0 Å². The highest BCUT2D eigenvalue weighted by molar-refractivity contribution is 6.32. The predicted molar refractivity (Wildman–Crippen MR) is 54.5 cm³/mol. The third kappa shape index (κ3) is 1.42. The predicted octanol–water partition coefficient (Wildman–Crippen LogP) is 3.23. The molecule has 0 heterocycles. The maximum atomic E-state index is 9.74. The molecule has 0 bridgehead atoms. The topological polar surface area (TPSA) is 20.2 Å². The third-order valence-electron chi connectivity index (χ3n) is 2.80. The van der Waals surface area contributed by atoms with Crippen LogP contribution in [-0.4, -0.2) is 5.11 Å². The zero-order valence-electron chi connectivity index (χ0n) is 7.73. The number of phenols is 1. The van der Waals surface area contributed by atoms with E-state index in [0.717, 1.165) is 18.4 Å². The minimum atomic E-state index is 0.307. The fourth-order valence-corrected chi connectivity index (χ4v) is 2.37. The number of hydrogen-bond donors (Lipinski definition) is 1. The lowest BCUT2D eigenvalue weighted by Gasteiger charge is -2.19. The largest absolute Gasteiger partial charge is 0.506 e. The molecule has 70 valence electrons. The van der Waals surface area contributed by atoms with Gasteiger partial charge in [0.05, 0.1) is 5.02 Å². The van der Waals surface area contributed by atoms with E-state index in [1.807, 2.05) is 6.07 Å². The van der Waals surface area contributed by atoms with Gasteiger partial charge < -0.3 is 5.11 Å². The van der Waals surface area contributed by atoms with E-state index in [2.05, 4.69) is 6.92 Å². The summed E-state index contributed by atoms with van der Waals surface area (Å²) in [6, 6.07) is 1.86. The van der Waals surface area contributed by atoms with Gasteiger partial charge in [0.2, 0.25) is 0 Å². The number of aryl methyl sites for hydroxylation is 1. The summed E-state index contributed by atoms with van der Waals surface area (Å²) in [5.74, 6) is 0.307. The lowest BCUT2D eigenvalue weighted by Crippen LogP contribution is -2.05. The van der Waals surface area contributed by atoms with Gasteiger partial charge in [0.15, 0.2) is 0 Å². The Morgan fingerprint density at radius 3 is 2.54 bits per heavy atom. The van der Waals surface area contributed by atoms with Crippen molar-refractivity contribution in [2.45, 2.75) is 32.6 Å². The molecule has 0 radical (unpaired) electrons. The summed E-state index contributed by atoms with van der Waals surface area (Å²) in [7, 11) is 0. The molecule has 0 fully saturated rings. The summed E-state index contributed by atoms with van der Waals surface area (Å²) in [4.78, 5) is 0.